The lowest BCUT2D eigenvalue weighted by Gasteiger charge is -2.17. The smallest absolute Gasteiger partial charge is 0.141 e. The van der Waals surface area contributed by atoms with E-state index < -0.39 is 0 Å². The van der Waals surface area contributed by atoms with Gasteiger partial charge in [-0.15, -0.1) is 0 Å². The minimum Gasteiger partial charge on any atom is -0.497 e. The molecule has 0 radical (unpaired) electrons. The normalized spacial score (nSPS) is 15.3. The second-order valence-electron chi connectivity index (χ2n) is 6.23. The van der Waals surface area contributed by atoms with Crippen molar-refractivity contribution in [3.05, 3.63) is 46.4 Å². The largest absolute Gasteiger partial charge is 0.497 e. The molecule has 1 saturated carbocycles. The highest BCUT2D eigenvalue weighted by molar-refractivity contribution is 6.42. The topological polar surface area (TPSA) is 27.1 Å². The zero-order valence-corrected chi connectivity index (χ0v) is 14.9. The summed E-state index contributed by atoms with van der Waals surface area (Å²) in [4.78, 5) is 4.86. The van der Waals surface area contributed by atoms with Gasteiger partial charge < -0.3 is 9.30 Å². The molecule has 24 heavy (non-hydrogen) atoms. The summed E-state index contributed by atoms with van der Waals surface area (Å²) in [5.41, 5.74) is 3.02. The van der Waals surface area contributed by atoms with Crippen molar-refractivity contribution in [1.29, 1.82) is 0 Å². The van der Waals surface area contributed by atoms with E-state index in [0.717, 1.165) is 28.2 Å². The fraction of sp³-hybridized carbons (Fsp3) is 0.316. The van der Waals surface area contributed by atoms with E-state index in [4.69, 9.17) is 32.9 Å². The molecule has 1 aliphatic rings. The Hall–Kier alpha value is -1.71. The van der Waals surface area contributed by atoms with Crippen molar-refractivity contribution >= 4 is 34.2 Å². The summed E-state index contributed by atoms with van der Waals surface area (Å²) in [7, 11) is 1.67. The summed E-state index contributed by atoms with van der Waals surface area (Å²) in [6.45, 7) is 0. The second-order valence-corrected chi connectivity index (χ2v) is 7.04. The average Bonchev–Trinajstić information content (AvgIpc) is 3.23. The molecular weight excluding hydrogens is 343 g/mol. The average molecular weight is 361 g/mol. The third-order valence-electron chi connectivity index (χ3n) is 4.77. The number of imidazole rings is 1. The fourth-order valence-corrected chi connectivity index (χ4v) is 3.88. The van der Waals surface area contributed by atoms with Crippen LogP contribution in [0.4, 0.5) is 0 Å². The third kappa shape index (κ3) is 2.66. The number of ether oxygens (including phenoxy) is 1. The number of aromatic nitrogens is 2. The van der Waals surface area contributed by atoms with Gasteiger partial charge in [0.1, 0.15) is 11.6 Å². The molecule has 3 nitrogen and oxygen atoms in total. The van der Waals surface area contributed by atoms with Gasteiger partial charge in [-0.2, -0.15) is 0 Å². The van der Waals surface area contributed by atoms with Crippen LogP contribution in [0.25, 0.3) is 22.4 Å². The summed E-state index contributed by atoms with van der Waals surface area (Å²) < 4.78 is 7.60. The molecule has 4 rings (SSSR count). The quantitative estimate of drug-likeness (QED) is 0.561. The zero-order chi connectivity index (χ0) is 16.7. The van der Waals surface area contributed by atoms with Crippen LogP contribution in [0.15, 0.2) is 36.4 Å². The molecule has 1 fully saturated rings. The minimum absolute atomic E-state index is 0.462. The molecule has 0 spiro atoms. The standard InChI is InChI=1S/C19H18Cl2N2O/c1-24-14-8-6-12(7-9-14)19-22-17-10-15(20)16(21)11-18(17)23(19)13-4-2-3-5-13/h6-11,13H,2-5H2,1H3. The van der Waals surface area contributed by atoms with Gasteiger partial charge in [-0.1, -0.05) is 36.0 Å². The Kier molecular flexibility index (Phi) is 4.15. The number of hydrogen-bond acceptors (Lipinski definition) is 2. The van der Waals surface area contributed by atoms with Crippen molar-refractivity contribution in [1.82, 2.24) is 9.55 Å². The van der Waals surface area contributed by atoms with Gasteiger partial charge in [0.25, 0.3) is 0 Å². The van der Waals surface area contributed by atoms with Crippen LogP contribution in [0, 0.1) is 0 Å². The first-order valence-electron chi connectivity index (χ1n) is 8.19. The number of hydrogen-bond donors (Lipinski definition) is 0. The fourth-order valence-electron chi connectivity index (χ4n) is 3.57. The van der Waals surface area contributed by atoms with Gasteiger partial charge in [-0.25, -0.2) is 4.98 Å². The molecule has 124 valence electrons. The molecule has 0 unspecified atom stereocenters. The molecule has 5 heteroatoms. The van der Waals surface area contributed by atoms with Gasteiger partial charge in [0.15, 0.2) is 0 Å². The Bertz CT molecular complexity index is 881. The lowest BCUT2D eigenvalue weighted by atomic mass is 10.1. The minimum atomic E-state index is 0.462. The van der Waals surface area contributed by atoms with Gasteiger partial charge in [-0.05, 0) is 49.2 Å². The molecule has 3 aromatic rings. The monoisotopic (exact) mass is 360 g/mol. The van der Waals surface area contributed by atoms with Crippen LogP contribution in [0.2, 0.25) is 10.0 Å². The molecule has 1 aromatic heterocycles. The summed E-state index contributed by atoms with van der Waals surface area (Å²) >= 11 is 12.5. The van der Waals surface area contributed by atoms with E-state index in [2.05, 4.69) is 16.7 Å². The third-order valence-corrected chi connectivity index (χ3v) is 5.49. The van der Waals surface area contributed by atoms with E-state index in [0.29, 0.717) is 16.1 Å². The van der Waals surface area contributed by atoms with Crippen LogP contribution in [0.5, 0.6) is 5.75 Å². The predicted octanol–water partition coefficient (Wildman–Crippen LogP) is 6.13. The first kappa shape index (κ1) is 15.8. The van der Waals surface area contributed by atoms with Gasteiger partial charge >= 0.3 is 0 Å². The highest BCUT2D eigenvalue weighted by Crippen LogP contribution is 2.39. The zero-order valence-electron chi connectivity index (χ0n) is 13.4. The van der Waals surface area contributed by atoms with Gasteiger partial charge in [0.05, 0.1) is 28.2 Å². The van der Waals surface area contributed by atoms with Crippen LogP contribution in [0.1, 0.15) is 31.7 Å². The number of halogens is 2. The van der Waals surface area contributed by atoms with Gasteiger partial charge in [-0.3, -0.25) is 0 Å². The van der Waals surface area contributed by atoms with E-state index in [1.165, 1.54) is 25.7 Å². The SMILES string of the molecule is COc1ccc(-c2nc3cc(Cl)c(Cl)cc3n2C2CCCC2)cc1. The molecule has 0 saturated heterocycles. The number of methoxy groups -OCH3 is 1. The lowest BCUT2D eigenvalue weighted by molar-refractivity contribution is 0.415. The van der Waals surface area contributed by atoms with Crippen LogP contribution < -0.4 is 4.74 Å². The summed E-state index contributed by atoms with van der Waals surface area (Å²) in [5, 5.41) is 1.12. The Morgan fingerprint density at radius 3 is 2.38 bits per heavy atom. The Morgan fingerprint density at radius 2 is 1.71 bits per heavy atom. The number of fused-ring (bicyclic) bond motifs is 1. The molecule has 0 bridgehead atoms. The molecule has 0 amide bonds. The van der Waals surface area contributed by atoms with E-state index in [1.807, 2.05) is 24.3 Å². The van der Waals surface area contributed by atoms with E-state index in [1.54, 1.807) is 7.11 Å². The van der Waals surface area contributed by atoms with Crippen molar-refractivity contribution in [2.24, 2.45) is 0 Å². The van der Waals surface area contributed by atoms with Crippen LogP contribution in [-0.2, 0) is 0 Å². The number of rotatable bonds is 3. The van der Waals surface area contributed by atoms with Crippen molar-refractivity contribution in [2.75, 3.05) is 7.11 Å². The van der Waals surface area contributed by atoms with Crippen LogP contribution >= 0.6 is 23.2 Å². The number of nitrogens with zero attached hydrogens (tertiary/aromatic N) is 2. The van der Waals surface area contributed by atoms with Crippen molar-refractivity contribution in [3.8, 4) is 17.1 Å². The first-order chi connectivity index (χ1) is 11.7. The van der Waals surface area contributed by atoms with Crippen molar-refractivity contribution in [3.63, 3.8) is 0 Å². The van der Waals surface area contributed by atoms with Crippen molar-refractivity contribution in [2.45, 2.75) is 31.7 Å². The summed E-state index contributed by atoms with van der Waals surface area (Å²) in [6, 6.07) is 12.3. The predicted molar refractivity (Wildman–Crippen MR) is 99.2 cm³/mol. The van der Waals surface area contributed by atoms with E-state index in [9.17, 15) is 0 Å². The van der Waals surface area contributed by atoms with Crippen LogP contribution in [-0.4, -0.2) is 16.7 Å². The van der Waals surface area contributed by atoms with Crippen molar-refractivity contribution < 1.29 is 4.74 Å². The molecule has 0 atom stereocenters. The number of benzene rings is 2. The summed E-state index contributed by atoms with van der Waals surface area (Å²) in [6.07, 6.45) is 4.87. The summed E-state index contributed by atoms with van der Waals surface area (Å²) in [5.74, 6) is 1.81. The maximum absolute atomic E-state index is 6.27. The van der Waals surface area contributed by atoms with Gasteiger partial charge in [0.2, 0.25) is 0 Å². The first-order valence-corrected chi connectivity index (χ1v) is 8.94. The Balaban J connectivity index is 1.93. The Morgan fingerprint density at radius 1 is 1.04 bits per heavy atom. The van der Waals surface area contributed by atoms with E-state index in [-0.39, 0.29) is 0 Å². The maximum atomic E-state index is 6.27. The molecule has 0 N–H and O–H groups in total. The van der Waals surface area contributed by atoms with E-state index >= 15 is 0 Å². The molecule has 1 heterocycles. The molecule has 2 aromatic carbocycles. The molecule has 1 aliphatic carbocycles. The Labute approximate surface area is 151 Å². The molecule has 0 aliphatic heterocycles. The maximum Gasteiger partial charge on any atom is 0.141 e. The lowest BCUT2D eigenvalue weighted by Crippen LogP contribution is -2.06. The highest BCUT2D eigenvalue weighted by atomic mass is 35.5. The highest BCUT2D eigenvalue weighted by Gasteiger charge is 2.24. The molecular formula is C19H18Cl2N2O. The van der Waals surface area contributed by atoms with Crippen LogP contribution in [0.3, 0.4) is 0 Å². The second kappa shape index (κ2) is 6.30. The van der Waals surface area contributed by atoms with Gasteiger partial charge in [0, 0.05) is 11.6 Å².